The zero-order chi connectivity index (χ0) is 10.0. The summed E-state index contributed by atoms with van der Waals surface area (Å²) < 4.78 is 13.2. The second-order valence-corrected chi connectivity index (χ2v) is 3.13. The van der Waals surface area contributed by atoms with Gasteiger partial charge in [-0.05, 0) is 13.0 Å². The van der Waals surface area contributed by atoms with Crippen LogP contribution in [0, 0.1) is 0 Å². The normalized spacial score (nSPS) is 12.0. The van der Waals surface area contributed by atoms with E-state index in [0.717, 1.165) is 3.97 Å². The highest BCUT2D eigenvalue weighted by molar-refractivity contribution is 7.92. The molecule has 72 valence electrons. The van der Waals surface area contributed by atoms with Crippen LogP contribution in [0.2, 0.25) is 0 Å². The summed E-state index contributed by atoms with van der Waals surface area (Å²) in [7, 11) is 0. The number of nitrogen functional groups attached to an aromatic ring is 1. The van der Waals surface area contributed by atoms with Crippen LogP contribution >= 0.6 is 12.3 Å². The van der Waals surface area contributed by atoms with Crippen molar-refractivity contribution in [3.8, 4) is 5.75 Å². The fraction of sp³-hybridized carbons (Fsp3) is 0.143. The zero-order valence-corrected chi connectivity index (χ0v) is 7.81. The van der Waals surface area contributed by atoms with Crippen molar-refractivity contribution >= 4 is 24.2 Å². The predicted octanol–water partition coefficient (Wildman–Crippen LogP) is 1.48. The highest BCUT2D eigenvalue weighted by Crippen LogP contribution is 2.31. The molecule has 0 saturated heterocycles. The van der Waals surface area contributed by atoms with E-state index in [1.54, 1.807) is 6.92 Å². The molecule has 5 N–H and O–H groups in total. The zero-order valence-electron chi connectivity index (χ0n) is 6.99. The van der Waals surface area contributed by atoms with Gasteiger partial charge in [0.2, 0.25) is 0 Å². The van der Waals surface area contributed by atoms with E-state index >= 15 is 0 Å². The van der Waals surface area contributed by atoms with Crippen molar-refractivity contribution in [1.29, 1.82) is 0 Å². The van der Waals surface area contributed by atoms with Gasteiger partial charge in [0.1, 0.15) is 11.6 Å². The highest BCUT2D eigenvalue weighted by Gasteiger charge is 2.10. The number of hydrogen-bond acceptors (Lipinski definition) is 4. The summed E-state index contributed by atoms with van der Waals surface area (Å²) in [5, 5.41) is 9.31. The maximum Gasteiger partial charge on any atom is 0.171 e. The number of rotatable bonds is 2. The average molecular weight is 203 g/mol. The van der Waals surface area contributed by atoms with Crippen LogP contribution in [-0.4, -0.2) is 9.08 Å². The summed E-state index contributed by atoms with van der Waals surface area (Å²) in [4.78, 5) is 0. The van der Waals surface area contributed by atoms with Gasteiger partial charge in [0, 0.05) is 5.70 Å². The molecule has 0 aliphatic rings. The minimum atomic E-state index is -0.0903. The van der Waals surface area contributed by atoms with Crippen molar-refractivity contribution in [2.45, 2.75) is 6.92 Å². The van der Waals surface area contributed by atoms with E-state index < -0.39 is 0 Å². The molecule has 6 heteroatoms. The summed E-state index contributed by atoms with van der Waals surface area (Å²) in [6.07, 6.45) is 2.67. The molecule has 0 aliphatic carbocycles. The van der Waals surface area contributed by atoms with Crippen LogP contribution in [-0.2, 0) is 0 Å². The van der Waals surface area contributed by atoms with Crippen LogP contribution in [0.4, 0.5) is 9.70 Å². The Hall–Kier alpha value is -1.30. The van der Waals surface area contributed by atoms with E-state index in [1.807, 2.05) is 0 Å². The van der Waals surface area contributed by atoms with Crippen molar-refractivity contribution in [2.75, 3.05) is 5.73 Å². The largest absolute Gasteiger partial charge is 0.506 e. The van der Waals surface area contributed by atoms with Gasteiger partial charge in [-0.15, -0.1) is 3.89 Å². The molecule has 0 fully saturated rings. The van der Waals surface area contributed by atoms with Crippen molar-refractivity contribution in [3.05, 3.63) is 17.5 Å². The Labute approximate surface area is 79.4 Å². The minimum Gasteiger partial charge on any atom is -0.506 e. The van der Waals surface area contributed by atoms with Gasteiger partial charge in [0.15, 0.2) is 12.3 Å². The van der Waals surface area contributed by atoms with Gasteiger partial charge in [-0.3, -0.25) is 0 Å². The van der Waals surface area contributed by atoms with Crippen molar-refractivity contribution < 1.29 is 8.99 Å². The van der Waals surface area contributed by atoms with Crippen LogP contribution in [0.15, 0.2) is 11.9 Å². The second-order valence-electron chi connectivity index (χ2n) is 2.60. The summed E-state index contributed by atoms with van der Waals surface area (Å²) in [6, 6.07) is 0. The molecule has 0 aromatic carbocycles. The first-order valence-corrected chi connectivity index (χ1v) is 4.16. The second kappa shape index (κ2) is 3.61. The SMILES string of the molecule is C/C(N)=C/c1c(O)cn(SF)c1N. The molecule has 1 aromatic heterocycles. The lowest BCUT2D eigenvalue weighted by molar-refractivity contribution is 0.474. The molecular formula is C7H10FN3OS. The summed E-state index contributed by atoms with van der Waals surface area (Å²) in [5.74, 6) is 0.0438. The van der Waals surface area contributed by atoms with Crippen LogP contribution in [0.1, 0.15) is 12.5 Å². The van der Waals surface area contributed by atoms with Crippen molar-refractivity contribution in [3.63, 3.8) is 0 Å². The molecule has 0 unspecified atom stereocenters. The number of hydrogen-bond donors (Lipinski definition) is 3. The topological polar surface area (TPSA) is 77.2 Å². The molecule has 0 atom stereocenters. The third-order valence-corrected chi connectivity index (χ3v) is 1.93. The standard InChI is InChI=1S/C7H10FN3OS/c1-4(9)2-5-6(12)3-11(13-8)7(5)10/h2-3,12H,9-10H2,1H3/b4-2-. The summed E-state index contributed by atoms with van der Waals surface area (Å²) >= 11 is -0.0809. The molecular weight excluding hydrogens is 193 g/mol. The third kappa shape index (κ3) is 1.89. The number of aromatic hydroxyl groups is 1. The van der Waals surface area contributed by atoms with Gasteiger partial charge < -0.3 is 16.6 Å². The Kier molecular flexibility index (Phi) is 2.72. The first-order chi connectivity index (χ1) is 6.06. The Morgan fingerprint density at radius 3 is 2.77 bits per heavy atom. The lowest BCUT2D eigenvalue weighted by Gasteiger charge is -1.97. The number of allylic oxidation sites excluding steroid dienone is 1. The van der Waals surface area contributed by atoms with Crippen molar-refractivity contribution in [1.82, 2.24) is 3.97 Å². The van der Waals surface area contributed by atoms with Gasteiger partial charge in [0.25, 0.3) is 0 Å². The lowest BCUT2D eigenvalue weighted by atomic mass is 10.2. The summed E-state index contributed by atoms with van der Waals surface area (Å²) in [6.45, 7) is 1.65. The molecule has 4 nitrogen and oxygen atoms in total. The monoisotopic (exact) mass is 203 g/mol. The lowest BCUT2D eigenvalue weighted by Crippen LogP contribution is -1.95. The minimum absolute atomic E-state index is 0.0809. The fourth-order valence-corrected chi connectivity index (χ4v) is 1.25. The van der Waals surface area contributed by atoms with E-state index in [1.165, 1.54) is 12.3 Å². The Morgan fingerprint density at radius 2 is 2.38 bits per heavy atom. The maximum atomic E-state index is 12.2. The van der Waals surface area contributed by atoms with E-state index in [-0.39, 0.29) is 23.9 Å². The van der Waals surface area contributed by atoms with Gasteiger partial charge in [-0.1, -0.05) is 0 Å². The quantitative estimate of drug-likeness (QED) is 0.680. The van der Waals surface area contributed by atoms with E-state index in [2.05, 4.69) is 0 Å². The Morgan fingerprint density at radius 1 is 1.77 bits per heavy atom. The average Bonchev–Trinajstić information content (AvgIpc) is 2.31. The maximum absolute atomic E-state index is 12.2. The van der Waals surface area contributed by atoms with Crippen LogP contribution in [0.3, 0.4) is 0 Å². The smallest absolute Gasteiger partial charge is 0.171 e. The number of nitrogens with zero attached hydrogens (tertiary/aromatic N) is 1. The van der Waals surface area contributed by atoms with Crippen LogP contribution in [0.5, 0.6) is 5.75 Å². The van der Waals surface area contributed by atoms with Gasteiger partial charge in [-0.2, -0.15) is 0 Å². The van der Waals surface area contributed by atoms with Gasteiger partial charge >= 0.3 is 0 Å². The number of aromatic nitrogens is 1. The molecule has 0 amide bonds. The van der Waals surface area contributed by atoms with E-state index in [4.69, 9.17) is 11.5 Å². The number of nitrogens with two attached hydrogens (primary N) is 2. The molecule has 1 heterocycles. The Balaban J connectivity index is 3.21. The molecule has 13 heavy (non-hydrogen) atoms. The molecule has 0 bridgehead atoms. The Bertz CT molecular complexity index is 344. The van der Waals surface area contributed by atoms with E-state index in [9.17, 15) is 8.99 Å². The first-order valence-electron chi connectivity index (χ1n) is 3.49. The summed E-state index contributed by atoms with van der Waals surface area (Å²) in [5.41, 5.74) is 11.7. The highest BCUT2D eigenvalue weighted by atomic mass is 32.2. The van der Waals surface area contributed by atoms with Gasteiger partial charge in [0.05, 0.1) is 11.8 Å². The predicted molar refractivity (Wildman–Crippen MR) is 52.4 cm³/mol. The fourth-order valence-electron chi connectivity index (χ4n) is 0.933. The molecule has 0 radical (unpaired) electrons. The number of halogens is 1. The van der Waals surface area contributed by atoms with Gasteiger partial charge in [-0.25, -0.2) is 3.97 Å². The first kappa shape index (κ1) is 9.79. The number of anilines is 1. The molecule has 0 aliphatic heterocycles. The third-order valence-electron chi connectivity index (χ3n) is 1.48. The molecule has 0 saturated carbocycles. The van der Waals surface area contributed by atoms with Crippen molar-refractivity contribution in [2.24, 2.45) is 5.73 Å². The van der Waals surface area contributed by atoms with E-state index in [0.29, 0.717) is 11.3 Å². The molecule has 1 aromatic rings. The molecule has 1 rings (SSSR count). The van der Waals surface area contributed by atoms with Crippen LogP contribution in [0.25, 0.3) is 6.08 Å². The molecule has 0 spiro atoms. The van der Waals surface area contributed by atoms with Crippen LogP contribution < -0.4 is 11.5 Å².